The van der Waals surface area contributed by atoms with E-state index in [4.69, 9.17) is 21.3 Å². The van der Waals surface area contributed by atoms with Gasteiger partial charge < -0.3 is 14.6 Å². The van der Waals surface area contributed by atoms with Crippen LogP contribution < -0.4 is 10.1 Å². The lowest BCUT2D eigenvalue weighted by atomic mass is 9.96. The number of para-hydroxylation sites is 2. The van der Waals surface area contributed by atoms with E-state index in [1.807, 2.05) is 65.0 Å². The number of imidazole rings is 1. The molecule has 3 rings (SSSR count). The summed E-state index contributed by atoms with van der Waals surface area (Å²) in [7, 11) is 0. The first-order valence-electron chi connectivity index (χ1n) is 11.3. The maximum atomic E-state index is 12.1. The third-order valence-electron chi connectivity index (χ3n) is 5.48. The van der Waals surface area contributed by atoms with Gasteiger partial charge in [-0.05, 0) is 62.1 Å². The van der Waals surface area contributed by atoms with Crippen molar-refractivity contribution in [3.63, 3.8) is 0 Å². The van der Waals surface area contributed by atoms with Crippen molar-refractivity contribution in [3.8, 4) is 5.75 Å². The van der Waals surface area contributed by atoms with Crippen LogP contribution in [-0.2, 0) is 17.8 Å². The van der Waals surface area contributed by atoms with Crippen molar-refractivity contribution in [3.05, 3.63) is 58.4 Å². The molecule has 0 bridgehead atoms. The predicted octanol–water partition coefficient (Wildman–Crippen LogP) is 5.87. The largest absolute Gasteiger partial charge is 0.494 e. The Hall–Kier alpha value is -2.53. The molecule has 172 valence electrons. The fourth-order valence-corrected chi connectivity index (χ4v) is 3.79. The van der Waals surface area contributed by atoms with Crippen LogP contribution in [0.25, 0.3) is 11.0 Å². The molecule has 3 aromatic rings. The average molecular weight is 456 g/mol. The van der Waals surface area contributed by atoms with Crippen molar-refractivity contribution in [1.82, 2.24) is 14.9 Å². The van der Waals surface area contributed by atoms with Gasteiger partial charge >= 0.3 is 0 Å². The van der Waals surface area contributed by atoms with E-state index in [2.05, 4.69) is 16.0 Å². The molecular weight excluding hydrogens is 422 g/mol. The number of carbonyl (C=O) groups is 1. The Morgan fingerprint density at radius 1 is 1.12 bits per heavy atom. The number of fused-ring (bicyclic) bond motifs is 1. The minimum atomic E-state index is -0.367. The van der Waals surface area contributed by atoms with Crippen LogP contribution in [0.3, 0.4) is 0 Å². The third-order valence-corrected chi connectivity index (χ3v) is 6.08. The molecular formula is C26H34ClN3O2. The number of hydrogen-bond acceptors (Lipinski definition) is 3. The fraction of sp³-hybridized carbons (Fsp3) is 0.462. The standard InChI is InChI=1S/C26H34ClN3O2/c1-18-16-20(17-19(2)24(18)27)32-15-9-14-30-22-11-7-6-10-21(22)29-23(30)12-8-13-28-25(31)26(3,4)5/h6-7,10-11,16-17H,8-9,12-15H2,1-5H3,(H,28,31). The number of ether oxygens (including phenoxy) is 1. The Morgan fingerprint density at radius 3 is 2.50 bits per heavy atom. The number of nitrogens with one attached hydrogen (secondary N) is 1. The van der Waals surface area contributed by atoms with E-state index in [1.54, 1.807) is 0 Å². The van der Waals surface area contributed by atoms with Crippen molar-refractivity contribution >= 4 is 28.5 Å². The second kappa shape index (κ2) is 10.4. The smallest absolute Gasteiger partial charge is 0.225 e. The van der Waals surface area contributed by atoms with E-state index < -0.39 is 0 Å². The molecule has 1 amide bonds. The number of hydrogen-bond donors (Lipinski definition) is 1. The minimum Gasteiger partial charge on any atom is -0.494 e. The molecule has 1 aromatic heterocycles. The summed E-state index contributed by atoms with van der Waals surface area (Å²) in [5, 5.41) is 3.82. The van der Waals surface area contributed by atoms with E-state index in [1.165, 1.54) is 0 Å². The Kier molecular flexibility index (Phi) is 7.83. The van der Waals surface area contributed by atoms with Crippen LogP contribution in [0.15, 0.2) is 36.4 Å². The number of nitrogens with zero attached hydrogens (tertiary/aromatic N) is 2. The molecule has 0 fully saturated rings. The second-order valence-corrected chi connectivity index (χ2v) is 9.73. The highest BCUT2D eigenvalue weighted by molar-refractivity contribution is 6.32. The average Bonchev–Trinajstić information content (AvgIpc) is 3.09. The normalized spacial score (nSPS) is 11.7. The zero-order chi connectivity index (χ0) is 23.3. The Balaban J connectivity index is 1.60. The van der Waals surface area contributed by atoms with Crippen LogP contribution in [0.4, 0.5) is 0 Å². The zero-order valence-corrected chi connectivity index (χ0v) is 20.6. The molecule has 0 aliphatic rings. The van der Waals surface area contributed by atoms with Crippen molar-refractivity contribution in [1.29, 1.82) is 0 Å². The maximum Gasteiger partial charge on any atom is 0.225 e. The van der Waals surface area contributed by atoms with E-state index in [9.17, 15) is 4.79 Å². The number of halogens is 1. The zero-order valence-electron chi connectivity index (χ0n) is 19.8. The van der Waals surface area contributed by atoms with Gasteiger partial charge in [-0.2, -0.15) is 0 Å². The molecule has 0 atom stereocenters. The maximum absolute atomic E-state index is 12.1. The molecule has 0 saturated heterocycles. The van der Waals surface area contributed by atoms with Gasteiger partial charge in [-0.25, -0.2) is 4.98 Å². The van der Waals surface area contributed by atoms with Gasteiger partial charge in [-0.3, -0.25) is 4.79 Å². The summed E-state index contributed by atoms with van der Waals surface area (Å²) in [5.74, 6) is 1.99. The minimum absolute atomic E-state index is 0.0795. The summed E-state index contributed by atoms with van der Waals surface area (Å²) in [6.45, 7) is 11.9. The lowest BCUT2D eigenvalue weighted by Gasteiger charge is -2.17. The van der Waals surface area contributed by atoms with Crippen LogP contribution in [-0.4, -0.2) is 28.6 Å². The summed E-state index contributed by atoms with van der Waals surface area (Å²) >= 11 is 6.25. The highest BCUT2D eigenvalue weighted by Crippen LogP contribution is 2.26. The lowest BCUT2D eigenvalue weighted by Crippen LogP contribution is -2.35. The SMILES string of the molecule is Cc1cc(OCCCn2c(CCCNC(=O)C(C)(C)C)nc3ccccc32)cc(C)c1Cl. The molecule has 2 aromatic carbocycles. The molecule has 5 nitrogen and oxygen atoms in total. The van der Waals surface area contributed by atoms with Crippen molar-refractivity contribution in [2.24, 2.45) is 5.41 Å². The van der Waals surface area contributed by atoms with Gasteiger partial charge in [-0.15, -0.1) is 0 Å². The number of aromatic nitrogens is 2. The summed E-state index contributed by atoms with van der Waals surface area (Å²) < 4.78 is 8.27. The second-order valence-electron chi connectivity index (χ2n) is 9.35. The molecule has 1 heterocycles. The number of benzene rings is 2. The number of carbonyl (C=O) groups excluding carboxylic acids is 1. The Bertz CT molecular complexity index is 1060. The van der Waals surface area contributed by atoms with Gasteiger partial charge in [0.1, 0.15) is 11.6 Å². The monoisotopic (exact) mass is 455 g/mol. The Morgan fingerprint density at radius 2 is 1.81 bits per heavy atom. The quantitative estimate of drug-likeness (QED) is 0.410. The molecule has 6 heteroatoms. The molecule has 0 spiro atoms. The molecule has 0 radical (unpaired) electrons. The first-order valence-corrected chi connectivity index (χ1v) is 11.7. The number of rotatable bonds is 9. The summed E-state index contributed by atoms with van der Waals surface area (Å²) in [5.41, 5.74) is 3.84. The van der Waals surface area contributed by atoms with Gasteiger partial charge in [0.05, 0.1) is 17.6 Å². The van der Waals surface area contributed by atoms with Crippen molar-refractivity contribution in [2.75, 3.05) is 13.2 Å². The van der Waals surface area contributed by atoms with E-state index in [-0.39, 0.29) is 11.3 Å². The van der Waals surface area contributed by atoms with Gasteiger partial charge in [0, 0.05) is 29.9 Å². The van der Waals surface area contributed by atoms with Gasteiger partial charge in [0.2, 0.25) is 5.91 Å². The van der Waals surface area contributed by atoms with Crippen molar-refractivity contribution in [2.45, 2.75) is 60.4 Å². The van der Waals surface area contributed by atoms with Crippen molar-refractivity contribution < 1.29 is 9.53 Å². The molecule has 32 heavy (non-hydrogen) atoms. The fourth-order valence-electron chi connectivity index (χ4n) is 3.68. The van der Waals surface area contributed by atoms with E-state index in [0.717, 1.165) is 64.6 Å². The summed E-state index contributed by atoms with van der Waals surface area (Å²) in [6, 6.07) is 12.2. The summed E-state index contributed by atoms with van der Waals surface area (Å²) in [4.78, 5) is 16.9. The van der Waals surface area contributed by atoms with Crippen LogP contribution in [0.2, 0.25) is 5.02 Å². The van der Waals surface area contributed by atoms with Gasteiger partial charge in [-0.1, -0.05) is 44.5 Å². The van der Waals surface area contributed by atoms with Gasteiger partial charge in [0.15, 0.2) is 0 Å². The molecule has 1 N–H and O–H groups in total. The number of aryl methyl sites for hydroxylation is 4. The first-order chi connectivity index (χ1) is 15.2. The highest BCUT2D eigenvalue weighted by atomic mass is 35.5. The molecule has 0 saturated carbocycles. The third kappa shape index (κ3) is 6.04. The Labute approximate surface area is 196 Å². The number of amides is 1. The predicted molar refractivity (Wildman–Crippen MR) is 132 cm³/mol. The van der Waals surface area contributed by atoms with Crippen LogP contribution >= 0.6 is 11.6 Å². The topological polar surface area (TPSA) is 56.1 Å². The first kappa shape index (κ1) is 24.1. The molecule has 0 aliphatic carbocycles. The highest BCUT2D eigenvalue weighted by Gasteiger charge is 2.20. The van der Waals surface area contributed by atoms with Crippen LogP contribution in [0, 0.1) is 19.3 Å². The van der Waals surface area contributed by atoms with Crippen LogP contribution in [0.5, 0.6) is 5.75 Å². The van der Waals surface area contributed by atoms with E-state index in [0.29, 0.717) is 13.2 Å². The molecule has 0 aliphatic heterocycles. The summed E-state index contributed by atoms with van der Waals surface area (Å²) in [6.07, 6.45) is 2.54. The molecule has 0 unspecified atom stereocenters. The van der Waals surface area contributed by atoms with Gasteiger partial charge in [0.25, 0.3) is 0 Å². The van der Waals surface area contributed by atoms with Crippen LogP contribution in [0.1, 0.15) is 50.6 Å². The van der Waals surface area contributed by atoms with E-state index >= 15 is 0 Å². The lowest BCUT2D eigenvalue weighted by molar-refractivity contribution is -0.128.